The molecule has 3 nitrogen and oxygen atoms in total. The van der Waals surface area contributed by atoms with Crippen molar-refractivity contribution in [1.29, 1.82) is 0 Å². The van der Waals surface area contributed by atoms with Crippen molar-refractivity contribution < 1.29 is 0 Å². The molecule has 0 spiro atoms. The molecule has 66 heavy (non-hydrogen) atoms. The van der Waals surface area contributed by atoms with E-state index in [2.05, 4.69) is 249 Å². The Bertz CT molecular complexity index is 3290. The minimum atomic E-state index is 0.688. The van der Waals surface area contributed by atoms with E-state index in [4.69, 9.17) is 15.0 Å². The summed E-state index contributed by atoms with van der Waals surface area (Å²) in [7, 11) is 0. The average molecular weight is 842 g/mol. The zero-order valence-electron chi connectivity index (χ0n) is 36.2. The fraction of sp³-hybridized carbons (Fsp3) is 0. The lowest BCUT2D eigenvalue weighted by Crippen LogP contribution is -2.01. The van der Waals surface area contributed by atoms with Crippen molar-refractivity contribution in [2.24, 2.45) is 0 Å². The third-order valence-corrected chi connectivity index (χ3v) is 12.1. The summed E-state index contributed by atoms with van der Waals surface area (Å²) in [5, 5.41) is 0. The molecule has 2 heterocycles. The van der Waals surface area contributed by atoms with Gasteiger partial charge in [0.1, 0.15) is 0 Å². The molecular weight excluding hydrogens is 799 g/mol. The Kier molecular flexibility index (Phi) is 11.0. The standard InChI is InChI=1S/C63H43N3/c1-7-20-44(21-8-1)45-36-40-53(41-37-45)63-64-56(47-22-9-2-10-23-47)43-57(65-63)48-38-34-46(35-39-48)54-32-19-33-55(42-54)58-59(49-24-11-3-12-25-49)61(51-28-15-5-16-29-51)66-62(52-30-17-6-18-31-52)60(58)50-26-13-4-14-27-50/h1-43H. The third kappa shape index (κ3) is 8.14. The van der Waals surface area contributed by atoms with Gasteiger partial charge in [-0.3, -0.25) is 0 Å². The van der Waals surface area contributed by atoms with Crippen LogP contribution in [0.15, 0.2) is 261 Å². The van der Waals surface area contributed by atoms with Crippen molar-refractivity contribution in [2.45, 2.75) is 0 Å². The summed E-state index contributed by atoms with van der Waals surface area (Å²) in [6.45, 7) is 0. The van der Waals surface area contributed by atoms with E-state index >= 15 is 0 Å². The summed E-state index contributed by atoms with van der Waals surface area (Å²) < 4.78 is 0. The molecule has 0 aliphatic heterocycles. The van der Waals surface area contributed by atoms with E-state index in [0.29, 0.717) is 5.82 Å². The van der Waals surface area contributed by atoms with Crippen molar-refractivity contribution in [3.8, 4) is 112 Å². The fourth-order valence-electron chi connectivity index (χ4n) is 8.87. The molecule has 0 atom stereocenters. The first-order valence-electron chi connectivity index (χ1n) is 22.3. The summed E-state index contributed by atoms with van der Waals surface area (Å²) in [5.41, 5.74) is 20.0. The topological polar surface area (TPSA) is 38.7 Å². The number of hydrogen-bond acceptors (Lipinski definition) is 3. The second-order valence-electron chi connectivity index (χ2n) is 16.3. The molecule has 0 radical (unpaired) electrons. The Morgan fingerprint density at radius 3 is 0.970 bits per heavy atom. The average Bonchev–Trinajstić information content (AvgIpc) is 3.42. The van der Waals surface area contributed by atoms with E-state index in [1.165, 1.54) is 5.56 Å². The lowest BCUT2D eigenvalue weighted by atomic mass is 9.82. The number of rotatable bonds is 10. The van der Waals surface area contributed by atoms with E-state index in [9.17, 15) is 0 Å². The fourth-order valence-corrected chi connectivity index (χ4v) is 8.87. The highest BCUT2D eigenvalue weighted by Crippen LogP contribution is 2.49. The van der Waals surface area contributed by atoms with Crippen LogP contribution in [0.1, 0.15) is 0 Å². The molecule has 9 aromatic carbocycles. The van der Waals surface area contributed by atoms with Gasteiger partial charge in [0.25, 0.3) is 0 Å². The monoisotopic (exact) mass is 841 g/mol. The molecule has 11 aromatic rings. The first-order chi connectivity index (χ1) is 32.7. The van der Waals surface area contributed by atoms with Gasteiger partial charge >= 0.3 is 0 Å². The molecule has 0 fully saturated rings. The van der Waals surface area contributed by atoms with Crippen molar-refractivity contribution in [1.82, 2.24) is 15.0 Å². The maximum Gasteiger partial charge on any atom is 0.160 e. The molecule has 3 heteroatoms. The molecule has 0 aliphatic carbocycles. The van der Waals surface area contributed by atoms with E-state index < -0.39 is 0 Å². The highest BCUT2D eigenvalue weighted by molar-refractivity contribution is 6.05. The molecule has 0 saturated carbocycles. The molecule has 0 aliphatic rings. The van der Waals surface area contributed by atoms with Gasteiger partial charge in [-0.25, -0.2) is 15.0 Å². The maximum absolute atomic E-state index is 5.63. The first-order valence-corrected chi connectivity index (χ1v) is 22.3. The predicted molar refractivity (Wildman–Crippen MR) is 274 cm³/mol. The van der Waals surface area contributed by atoms with E-state index in [1.807, 2.05) is 12.1 Å². The van der Waals surface area contributed by atoms with E-state index in [0.717, 1.165) is 101 Å². The van der Waals surface area contributed by atoms with Gasteiger partial charge in [-0.1, -0.05) is 249 Å². The van der Waals surface area contributed by atoms with Crippen molar-refractivity contribution in [3.63, 3.8) is 0 Å². The smallest absolute Gasteiger partial charge is 0.160 e. The first kappa shape index (κ1) is 40.0. The SMILES string of the molecule is c1ccc(-c2ccc(-c3nc(-c4ccccc4)cc(-c4ccc(-c5cccc(-c6c(-c7ccccc7)c(-c7ccccc7)nc(-c7ccccc7)c6-c6ccccc6)c5)cc4)n3)cc2)cc1. The molecule has 310 valence electrons. The normalized spacial score (nSPS) is 11.0. The molecule has 0 amide bonds. The minimum absolute atomic E-state index is 0.688. The van der Waals surface area contributed by atoms with E-state index in [1.54, 1.807) is 0 Å². The van der Waals surface area contributed by atoms with Crippen molar-refractivity contribution >= 4 is 0 Å². The molecule has 2 aromatic heterocycles. The van der Waals surface area contributed by atoms with Gasteiger partial charge in [-0.2, -0.15) is 0 Å². The summed E-state index contributed by atoms with van der Waals surface area (Å²) in [6.07, 6.45) is 0. The van der Waals surface area contributed by atoms with Gasteiger partial charge in [-0.15, -0.1) is 0 Å². The highest BCUT2D eigenvalue weighted by atomic mass is 14.9. The lowest BCUT2D eigenvalue weighted by molar-refractivity contribution is 1.18. The Balaban J connectivity index is 1.05. The molecule has 0 saturated heterocycles. The molecule has 0 N–H and O–H groups in total. The molecule has 11 rings (SSSR count). The highest BCUT2D eigenvalue weighted by Gasteiger charge is 2.25. The van der Waals surface area contributed by atoms with Crippen LogP contribution in [-0.4, -0.2) is 15.0 Å². The molecule has 0 unspecified atom stereocenters. The minimum Gasteiger partial charge on any atom is -0.246 e. The van der Waals surface area contributed by atoms with Crippen LogP contribution in [0.4, 0.5) is 0 Å². The second-order valence-corrected chi connectivity index (χ2v) is 16.3. The number of aromatic nitrogens is 3. The Morgan fingerprint density at radius 2 is 0.500 bits per heavy atom. The number of benzene rings is 9. The number of pyridine rings is 1. The summed E-state index contributed by atoms with van der Waals surface area (Å²) in [5.74, 6) is 0.688. The number of hydrogen-bond donors (Lipinski definition) is 0. The van der Waals surface area contributed by atoms with Crippen molar-refractivity contribution in [3.05, 3.63) is 261 Å². The van der Waals surface area contributed by atoms with Gasteiger partial charge < -0.3 is 0 Å². The second kappa shape index (κ2) is 18.1. The van der Waals surface area contributed by atoms with Crippen LogP contribution in [0.2, 0.25) is 0 Å². The van der Waals surface area contributed by atoms with Crippen LogP contribution in [0, 0.1) is 0 Å². The van der Waals surface area contributed by atoms with E-state index in [-0.39, 0.29) is 0 Å². The molecule has 0 bridgehead atoms. The largest absolute Gasteiger partial charge is 0.246 e. The zero-order chi connectivity index (χ0) is 44.1. The summed E-state index contributed by atoms with van der Waals surface area (Å²) in [4.78, 5) is 15.9. The quantitative estimate of drug-likeness (QED) is 0.138. The van der Waals surface area contributed by atoms with Crippen LogP contribution in [0.3, 0.4) is 0 Å². The van der Waals surface area contributed by atoms with Gasteiger partial charge in [0.05, 0.1) is 22.8 Å². The summed E-state index contributed by atoms with van der Waals surface area (Å²) >= 11 is 0. The van der Waals surface area contributed by atoms with Crippen LogP contribution >= 0.6 is 0 Å². The number of nitrogens with zero attached hydrogens (tertiary/aromatic N) is 3. The van der Waals surface area contributed by atoms with Gasteiger partial charge in [0.15, 0.2) is 5.82 Å². The van der Waals surface area contributed by atoms with Crippen LogP contribution < -0.4 is 0 Å². The van der Waals surface area contributed by atoms with Crippen LogP contribution in [-0.2, 0) is 0 Å². The van der Waals surface area contributed by atoms with Crippen LogP contribution in [0.5, 0.6) is 0 Å². The Morgan fingerprint density at radius 1 is 0.182 bits per heavy atom. The Labute approximate surface area is 386 Å². The van der Waals surface area contributed by atoms with Gasteiger partial charge in [-0.05, 0) is 51.1 Å². The Hall–Kier alpha value is -8.79. The third-order valence-electron chi connectivity index (χ3n) is 12.1. The lowest BCUT2D eigenvalue weighted by Gasteiger charge is -2.23. The molecular formula is C63H43N3. The van der Waals surface area contributed by atoms with Gasteiger partial charge in [0.2, 0.25) is 0 Å². The van der Waals surface area contributed by atoms with Crippen LogP contribution in [0.25, 0.3) is 112 Å². The zero-order valence-corrected chi connectivity index (χ0v) is 36.2. The maximum atomic E-state index is 5.63. The van der Waals surface area contributed by atoms with Crippen molar-refractivity contribution in [2.75, 3.05) is 0 Å². The predicted octanol–water partition coefficient (Wildman–Crippen LogP) is 16.5. The van der Waals surface area contributed by atoms with Gasteiger partial charge in [0, 0.05) is 44.5 Å². The summed E-state index contributed by atoms with van der Waals surface area (Å²) in [6, 6.07) is 91.7.